The van der Waals surface area contributed by atoms with Crippen molar-refractivity contribution in [2.45, 2.75) is 13.8 Å². The lowest BCUT2D eigenvalue weighted by Crippen LogP contribution is -2.49. The molecule has 0 aromatic heterocycles. The van der Waals surface area contributed by atoms with Crippen LogP contribution >= 0.6 is 0 Å². The van der Waals surface area contributed by atoms with Gasteiger partial charge in [-0.1, -0.05) is 18.2 Å². The van der Waals surface area contributed by atoms with Crippen LogP contribution in [0.3, 0.4) is 0 Å². The number of hydrogen-bond donors (Lipinski definition) is 0. The molecule has 16 heavy (non-hydrogen) atoms. The van der Waals surface area contributed by atoms with Crippen molar-refractivity contribution < 1.29 is 9.59 Å². The molecule has 0 spiro atoms. The van der Waals surface area contributed by atoms with Crippen LogP contribution < -0.4 is 0 Å². The molecule has 1 fully saturated rings. The van der Waals surface area contributed by atoms with Crippen molar-refractivity contribution >= 4 is 11.8 Å². The van der Waals surface area contributed by atoms with Crippen LogP contribution in [0.1, 0.15) is 13.8 Å². The molecule has 1 aliphatic heterocycles. The predicted octanol–water partition coefficient (Wildman–Crippen LogP) is 0.809. The van der Waals surface area contributed by atoms with Gasteiger partial charge in [-0.05, 0) is 6.92 Å². The first-order valence-electron chi connectivity index (χ1n) is 5.49. The maximum atomic E-state index is 11.7. The SMILES string of the molecule is C/C=C/C=C/C(=O)N1CCN(C(C)=O)CC1. The fraction of sp³-hybridized carbons (Fsp3) is 0.500. The summed E-state index contributed by atoms with van der Waals surface area (Å²) in [5.41, 5.74) is 0. The summed E-state index contributed by atoms with van der Waals surface area (Å²) < 4.78 is 0. The van der Waals surface area contributed by atoms with Crippen LogP contribution in [0.5, 0.6) is 0 Å². The van der Waals surface area contributed by atoms with E-state index in [4.69, 9.17) is 0 Å². The highest BCUT2D eigenvalue weighted by Gasteiger charge is 2.20. The molecule has 0 aliphatic carbocycles. The van der Waals surface area contributed by atoms with Gasteiger partial charge in [-0.3, -0.25) is 9.59 Å². The van der Waals surface area contributed by atoms with E-state index in [-0.39, 0.29) is 11.8 Å². The molecule has 1 saturated heterocycles. The van der Waals surface area contributed by atoms with Gasteiger partial charge in [0.05, 0.1) is 0 Å². The Morgan fingerprint density at radius 3 is 2.06 bits per heavy atom. The fourth-order valence-electron chi connectivity index (χ4n) is 1.60. The zero-order valence-electron chi connectivity index (χ0n) is 9.85. The Bertz CT molecular complexity index is 313. The van der Waals surface area contributed by atoms with Crippen LogP contribution in [0.2, 0.25) is 0 Å². The fourth-order valence-corrected chi connectivity index (χ4v) is 1.60. The standard InChI is InChI=1S/C12H18N2O2/c1-3-4-5-6-12(16)14-9-7-13(8-10-14)11(2)15/h3-6H,7-10H2,1-2H3/b4-3+,6-5+. The third-order valence-electron chi connectivity index (χ3n) is 2.58. The molecule has 0 atom stereocenters. The molecule has 0 N–H and O–H groups in total. The average Bonchev–Trinajstić information content (AvgIpc) is 2.29. The first-order chi connectivity index (χ1) is 7.65. The van der Waals surface area contributed by atoms with E-state index in [0.717, 1.165) is 0 Å². The van der Waals surface area contributed by atoms with Crippen molar-refractivity contribution in [2.24, 2.45) is 0 Å². The van der Waals surface area contributed by atoms with Crippen LogP contribution in [0.4, 0.5) is 0 Å². The number of rotatable bonds is 2. The molecule has 88 valence electrons. The minimum absolute atomic E-state index is 0.0151. The third kappa shape index (κ3) is 3.53. The van der Waals surface area contributed by atoms with Gasteiger partial charge in [0.2, 0.25) is 11.8 Å². The van der Waals surface area contributed by atoms with Crippen molar-refractivity contribution in [1.29, 1.82) is 0 Å². The summed E-state index contributed by atoms with van der Waals surface area (Å²) in [6.07, 6.45) is 6.99. The molecule has 0 unspecified atom stereocenters. The monoisotopic (exact) mass is 222 g/mol. The first kappa shape index (κ1) is 12.5. The van der Waals surface area contributed by atoms with Gasteiger partial charge < -0.3 is 9.80 Å². The summed E-state index contributed by atoms with van der Waals surface area (Å²) in [6.45, 7) is 5.98. The number of allylic oxidation sites excluding steroid dienone is 3. The molecule has 2 amide bonds. The second kappa shape index (κ2) is 6.10. The van der Waals surface area contributed by atoms with E-state index in [1.807, 2.05) is 19.1 Å². The molecular weight excluding hydrogens is 204 g/mol. The number of nitrogens with zero attached hydrogens (tertiary/aromatic N) is 2. The van der Waals surface area contributed by atoms with E-state index in [1.54, 1.807) is 28.9 Å². The van der Waals surface area contributed by atoms with Gasteiger partial charge in [0, 0.05) is 39.2 Å². The zero-order valence-corrected chi connectivity index (χ0v) is 9.85. The largest absolute Gasteiger partial charge is 0.339 e. The topological polar surface area (TPSA) is 40.6 Å². The quantitative estimate of drug-likeness (QED) is 0.512. The van der Waals surface area contributed by atoms with Crippen LogP contribution in [0.15, 0.2) is 24.3 Å². The van der Waals surface area contributed by atoms with Crippen LogP contribution in [-0.2, 0) is 9.59 Å². The number of amides is 2. The van der Waals surface area contributed by atoms with E-state index in [1.165, 1.54) is 0 Å². The molecule has 0 aromatic carbocycles. The lowest BCUT2D eigenvalue weighted by molar-refractivity contribution is -0.135. The van der Waals surface area contributed by atoms with E-state index in [9.17, 15) is 9.59 Å². The number of hydrogen-bond acceptors (Lipinski definition) is 2. The van der Waals surface area contributed by atoms with Gasteiger partial charge in [-0.2, -0.15) is 0 Å². The normalized spacial score (nSPS) is 17.4. The summed E-state index contributed by atoms with van der Waals surface area (Å²) in [5.74, 6) is 0.0952. The summed E-state index contributed by atoms with van der Waals surface area (Å²) in [6, 6.07) is 0. The van der Waals surface area contributed by atoms with Gasteiger partial charge in [0.25, 0.3) is 0 Å². The maximum absolute atomic E-state index is 11.7. The molecule has 1 rings (SSSR count). The number of carbonyl (C=O) groups excluding carboxylic acids is 2. The summed E-state index contributed by atoms with van der Waals surface area (Å²) in [4.78, 5) is 26.3. The Morgan fingerprint density at radius 1 is 1.00 bits per heavy atom. The van der Waals surface area contributed by atoms with Crippen molar-refractivity contribution in [3.8, 4) is 0 Å². The summed E-state index contributed by atoms with van der Waals surface area (Å²) >= 11 is 0. The zero-order chi connectivity index (χ0) is 12.0. The predicted molar refractivity (Wildman–Crippen MR) is 62.8 cm³/mol. The Labute approximate surface area is 96.2 Å². The van der Waals surface area contributed by atoms with Gasteiger partial charge in [0.1, 0.15) is 0 Å². The Morgan fingerprint density at radius 2 is 1.56 bits per heavy atom. The van der Waals surface area contributed by atoms with Gasteiger partial charge in [-0.25, -0.2) is 0 Å². The Balaban J connectivity index is 2.41. The number of piperazine rings is 1. The highest BCUT2D eigenvalue weighted by Crippen LogP contribution is 2.02. The smallest absolute Gasteiger partial charge is 0.246 e. The van der Waals surface area contributed by atoms with Crippen molar-refractivity contribution in [2.75, 3.05) is 26.2 Å². The molecule has 1 aliphatic rings. The number of carbonyl (C=O) groups is 2. The molecule has 0 aromatic rings. The van der Waals surface area contributed by atoms with Crippen LogP contribution in [-0.4, -0.2) is 47.8 Å². The molecule has 0 bridgehead atoms. The van der Waals surface area contributed by atoms with Crippen molar-refractivity contribution in [3.63, 3.8) is 0 Å². The van der Waals surface area contributed by atoms with Gasteiger partial charge in [0.15, 0.2) is 0 Å². The first-order valence-corrected chi connectivity index (χ1v) is 5.49. The molecule has 0 saturated carbocycles. The summed E-state index contributed by atoms with van der Waals surface area (Å²) in [7, 11) is 0. The lowest BCUT2D eigenvalue weighted by atomic mass is 10.3. The van der Waals surface area contributed by atoms with E-state index < -0.39 is 0 Å². The second-order valence-corrected chi connectivity index (χ2v) is 3.72. The molecule has 0 radical (unpaired) electrons. The van der Waals surface area contributed by atoms with E-state index in [2.05, 4.69) is 0 Å². The minimum atomic E-state index is 0.0151. The molecule has 4 nitrogen and oxygen atoms in total. The third-order valence-corrected chi connectivity index (χ3v) is 2.58. The highest BCUT2D eigenvalue weighted by molar-refractivity contribution is 5.88. The minimum Gasteiger partial charge on any atom is -0.339 e. The highest BCUT2D eigenvalue weighted by atomic mass is 16.2. The Hall–Kier alpha value is -1.58. The molecule has 4 heteroatoms. The molecule has 1 heterocycles. The summed E-state index contributed by atoms with van der Waals surface area (Å²) in [5, 5.41) is 0. The Kier molecular flexibility index (Phi) is 4.76. The van der Waals surface area contributed by atoms with E-state index in [0.29, 0.717) is 26.2 Å². The second-order valence-electron chi connectivity index (χ2n) is 3.72. The van der Waals surface area contributed by atoms with Crippen molar-refractivity contribution in [3.05, 3.63) is 24.3 Å². The average molecular weight is 222 g/mol. The van der Waals surface area contributed by atoms with Crippen molar-refractivity contribution in [1.82, 2.24) is 9.80 Å². The lowest BCUT2D eigenvalue weighted by Gasteiger charge is -2.33. The van der Waals surface area contributed by atoms with E-state index >= 15 is 0 Å². The van der Waals surface area contributed by atoms with Gasteiger partial charge in [-0.15, -0.1) is 0 Å². The van der Waals surface area contributed by atoms with Crippen LogP contribution in [0, 0.1) is 0 Å². The maximum Gasteiger partial charge on any atom is 0.246 e. The van der Waals surface area contributed by atoms with Gasteiger partial charge >= 0.3 is 0 Å². The molecular formula is C12H18N2O2. The van der Waals surface area contributed by atoms with Crippen LogP contribution in [0.25, 0.3) is 0 Å².